The average Bonchev–Trinajstić information content (AvgIpc) is 3.01. The third-order valence-electron chi connectivity index (χ3n) is 3.46. The summed E-state index contributed by atoms with van der Waals surface area (Å²) in [6, 6.07) is 8.74. The molecule has 1 aromatic carbocycles. The highest BCUT2D eigenvalue weighted by Crippen LogP contribution is 2.18. The van der Waals surface area contributed by atoms with Crippen molar-refractivity contribution in [2.75, 3.05) is 0 Å². The molecule has 1 heterocycles. The highest BCUT2D eigenvalue weighted by Gasteiger charge is 2.27. The van der Waals surface area contributed by atoms with Gasteiger partial charge in [-0.25, -0.2) is 4.79 Å². The van der Waals surface area contributed by atoms with Crippen molar-refractivity contribution in [3.8, 4) is 0 Å². The van der Waals surface area contributed by atoms with E-state index in [4.69, 9.17) is 4.74 Å². The maximum absolute atomic E-state index is 12.7. The molecule has 1 aliphatic heterocycles. The first kappa shape index (κ1) is 20.1. The normalized spacial score (nSPS) is 17.7. The van der Waals surface area contributed by atoms with E-state index < -0.39 is 17.7 Å². The van der Waals surface area contributed by atoms with Gasteiger partial charge in [0.25, 0.3) is 0 Å². The van der Waals surface area contributed by atoms with Crippen molar-refractivity contribution in [2.24, 2.45) is 5.10 Å². The lowest BCUT2D eigenvalue weighted by molar-refractivity contribution is -0.121. The number of hydrogen-bond donors (Lipinski definition) is 3. The van der Waals surface area contributed by atoms with E-state index in [2.05, 4.69) is 21.2 Å². The minimum Gasteiger partial charge on any atom is -0.444 e. The van der Waals surface area contributed by atoms with Crippen molar-refractivity contribution in [2.45, 2.75) is 57.6 Å². The molecule has 0 aliphatic carbocycles. The number of amides is 2. The summed E-state index contributed by atoms with van der Waals surface area (Å²) in [6.07, 6.45) is 0.616. The summed E-state index contributed by atoms with van der Waals surface area (Å²) in [5.41, 5.74) is 3.25. The summed E-state index contributed by atoms with van der Waals surface area (Å²) in [7, 11) is 0. The van der Waals surface area contributed by atoms with Gasteiger partial charge in [0.05, 0.1) is 5.37 Å². The molecule has 0 saturated heterocycles. The molecule has 2 atom stereocenters. The van der Waals surface area contributed by atoms with E-state index in [1.54, 1.807) is 20.8 Å². The Morgan fingerprint density at radius 1 is 1.31 bits per heavy atom. The van der Waals surface area contributed by atoms with Crippen LogP contribution in [-0.4, -0.2) is 34.2 Å². The average molecular weight is 378 g/mol. The van der Waals surface area contributed by atoms with Crippen LogP contribution in [0.1, 0.15) is 39.7 Å². The molecular formula is C18H26N4O3S. The number of amidine groups is 1. The first-order chi connectivity index (χ1) is 12.3. The molecule has 0 aromatic heterocycles. The second-order valence-corrected chi connectivity index (χ2v) is 8.13. The van der Waals surface area contributed by atoms with Gasteiger partial charge in [-0.3, -0.25) is 10.2 Å². The van der Waals surface area contributed by atoms with Gasteiger partial charge < -0.3 is 15.4 Å². The largest absolute Gasteiger partial charge is 0.444 e. The molecule has 0 bridgehead atoms. The van der Waals surface area contributed by atoms with Crippen molar-refractivity contribution < 1.29 is 14.3 Å². The highest BCUT2D eigenvalue weighted by molar-refractivity contribution is 8.14. The van der Waals surface area contributed by atoms with Crippen LogP contribution in [0.4, 0.5) is 4.79 Å². The minimum absolute atomic E-state index is 0.150. The third kappa shape index (κ3) is 6.59. The van der Waals surface area contributed by atoms with Gasteiger partial charge in [-0.05, 0) is 32.8 Å². The molecule has 7 nitrogen and oxygen atoms in total. The van der Waals surface area contributed by atoms with Gasteiger partial charge in [-0.1, -0.05) is 49.0 Å². The Bertz CT molecular complexity index is 658. The Morgan fingerprint density at radius 2 is 2.00 bits per heavy atom. The molecule has 2 amide bonds. The van der Waals surface area contributed by atoms with E-state index in [0.29, 0.717) is 11.6 Å². The molecule has 1 aliphatic rings. The zero-order valence-electron chi connectivity index (χ0n) is 15.5. The number of rotatable bonds is 5. The van der Waals surface area contributed by atoms with Crippen LogP contribution in [0.15, 0.2) is 35.4 Å². The number of ether oxygens (including phenoxy) is 1. The highest BCUT2D eigenvalue weighted by atomic mass is 32.2. The number of nitrogens with zero attached hydrogens (tertiary/aromatic N) is 1. The maximum atomic E-state index is 12.7. The fraction of sp³-hybridized carbons (Fsp3) is 0.500. The number of hydrogen-bond acceptors (Lipinski definition) is 6. The van der Waals surface area contributed by atoms with Crippen LogP contribution in [0, 0.1) is 0 Å². The topological polar surface area (TPSA) is 91.8 Å². The molecule has 2 rings (SSSR count). The Kier molecular flexibility index (Phi) is 6.90. The van der Waals surface area contributed by atoms with Gasteiger partial charge in [0, 0.05) is 6.42 Å². The lowest BCUT2D eigenvalue weighted by Crippen LogP contribution is -2.50. The van der Waals surface area contributed by atoms with Crippen molar-refractivity contribution in [1.82, 2.24) is 16.1 Å². The monoisotopic (exact) mass is 378 g/mol. The van der Waals surface area contributed by atoms with Crippen LogP contribution < -0.4 is 16.1 Å². The lowest BCUT2D eigenvalue weighted by Gasteiger charge is -2.23. The second-order valence-electron chi connectivity index (χ2n) is 6.94. The van der Waals surface area contributed by atoms with Crippen LogP contribution >= 0.6 is 11.8 Å². The van der Waals surface area contributed by atoms with Crippen molar-refractivity contribution in [3.63, 3.8) is 0 Å². The van der Waals surface area contributed by atoms with E-state index in [9.17, 15) is 9.59 Å². The van der Waals surface area contributed by atoms with E-state index in [0.717, 1.165) is 12.0 Å². The molecule has 26 heavy (non-hydrogen) atoms. The molecule has 0 radical (unpaired) electrons. The molecular weight excluding hydrogens is 352 g/mol. The Balaban J connectivity index is 2.04. The number of nitrogens with one attached hydrogen (secondary N) is 3. The Labute approximate surface area is 158 Å². The third-order valence-corrected chi connectivity index (χ3v) is 4.59. The van der Waals surface area contributed by atoms with Gasteiger partial charge in [0.2, 0.25) is 5.91 Å². The molecule has 0 saturated carbocycles. The first-order valence-electron chi connectivity index (χ1n) is 8.61. The summed E-state index contributed by atoms with van der Waals surface area (Å²) in [5.74, 6) is -0.329. The van der Waals surface area contributed by atoms with Gasteiger partial charge in [-0.15, -0.1) is 0 Å². The van der Waals surface area contributed by atoms with Gasteiger partial charge in [-0.2, -0.15) is 5.10 Å². The van der Waals surface area contributed by atoms with E-state index in [1.165, 1.54) is 11.8 Å². The first-order valence-corrected chi connectivity index (χ1v) is 9.49. The molecule has 0 spiro atoms. The summed E-state index contributed by atoms with van der Waals surface area (Å²) in [5, 5.41) is 10.2. The summed E-state index contributed by atoms with van der Waals surface area (Å²) in [6.45, 7) is 7.37. The van der Waals surface area contributed by atoms with E-state index in [1.807, 2.05) is 37.3 Å². The number of hydrazone groups is 1. The Morgan fingerprint density at radius 3 is 2.58 bits per heavy atom. The van der Waals surface area contributed by atoms with Gasteiger partial charge in [0.1, 0.15) is 11.6 Å². The number of carbonyl (C=O) groups is 2. The van der Waals surface area contributed by atoms with Gasteiger partial charge >= 0.3 is 6.09 Å². The molecule has 8 heteroatoms. The van der Waals surface area contributed by atoms with Crippen LogP contribution in [-0.2, 0) is 16.0 Å². The van der Waals surface area contributed by atoms with Crippen molar-refractivity contribution in [3.05, 3.63) is 35.9 Å². The van der Waals surface area contributed by atoms with Gasteiger partial charge in [0.15, 0.2) is 5.17 Å². The summed E-state index contributed by atoms with van der Waals surface area (Å²) >= 11 is 1.45. The van der Waals surface area contributed by atoms with E-state index >= 15 is 0 Å². The zero-order chi connectivity index (χ0) is 19.2. The minimum atomic E-state index is -0.767. The molecule has 1 aromatic rings. The second kappa shape index (κ2) is 8.93. The molecule has 2 unspecified atom stereocenters. The number of carbonyl (C=O) groups excluding carboxylic acids is 2. The van der Waals surface area contributed by atoms with Crippen molar-refractivity contribution in [1.29, 1.82) is 0 Å². The summed E-state index contributed by atoms with van der Waals surface area (Å²) in [4.78, 5) is 24.8. The van der Waals surface area contributed by atoms with Crippen molar-refractivity contribution >= 4 is 28.9 Å². The quantitative estimate of drug-likeness (QED) is 0.732. The molecule has 0 fully saturated rings. The number of thioether (sulfide) groups is 1. The Hall–Kier alpha value is -2.22. The van der Waals surface area contributed by atoms with Crippen LogP contribution in [0.5, 0.6) is 0 Å². The van der Waals surface area contributed by atoms with Crippen LogP contribution in [0.25, 0.3) is 0 Å². The van der Waals surface area contributed by atoms with E-state index in [-0.39, 0.29) is 11.3 Å². The predicted octanol–water partition coefficient (Wildman–Crippen LogP) is 2.58. The fourth-order valence-electron chi connectivity index (χ4n) is 2.25. The lowest BCUT2D eigenvalue weighted by atomic mass is 10.1. The predicted molar refractivity (Wildman–Crippen MR) is 104 cm³/mol. The molecule has 3 N–H and O–H groups in total. The standard InChI is InChI=1S/C18H26N4O3S/c1-5-14-21-22-16(26-14)20-15(23)13(11-12-9-7-6-8-10-12)19-17(24)25-18(2,3)4/h6-10,13-14,21H,5,11H2,1-4H3,(H,19,24)(H,20,22,23). The maximum Gasteiger partial charge on any atom is 0.408 e. The molecule has 142 valence electrons. The smallest absolute Gasteiger partial charge is 0.408 e. The summed E-state index contributed by atoms with van der Waals surface area (Å²) < 4.78 is 5.28. The number of benzene rings is 1. The SMILES string of the molecule is CCC1NN=C(NC(=O)C(Cc2ccccc2)NC(=O)OC(C)(C)C)S1. The fourth-order valence-corrected chi connectivity index (χ4v) is 3.06. The zero-order valence-corrected chi connectivity index (χ0v) is 16.4. The number of alkyl carbamates (subject to hydrolysis) is 1. The van der Waals surface area contributed by atoms with Crippen LogP contribution in [0.3, 0.4) is 0 Å². The van der Waals surface area contributed by atoms with Crippen LogP contribution in [0.2, 0.25) is 0 Å².